The number of Topliss-reactive ketones (excluding diaryl/α,β-unsaturated/α-hetero) is 1. The van der Waals surface area contributed by atoms with E-state index in [0.29, 0.717) is 0 Å². The highest BCUT2D eigenvalue weighted by molar-refractivity contribution is 7.99. The number of ketones is 1. The fourth-order valence-corrected chi connectivity index (χ4v) is 3.75. The van der Waals surface area contributed by atoms with Gasteiger partial charge in [-0.15, -0.1) is 0 Å². The normalized spacial score (nSPS) is 26.2. The lowest BCUT2D eigenvalue weighted by molar-refractivity contribution is -0.151. The van der Waals surface area contributed by atoms with E-state index in [1.54, 1.807) is 6.07 Å². The number of halogens is 3. The zero-order chi connectivity index (χ0) is 17.6. The number of alkyl halides is 3. The van der Waals surface area contributed by atoms with Crippen LogP contribution in [0.5, 0.6) is 0 Å². The van der Waals surface area contributed by atoms with Crippen LogP contribution in [0.3, 0.4) is 0 Å². The Kier molecular flexibility index (Phi) is 4.05. The number of aromatic nitrogens is 2. The van der Waals surface area contributed by atoms with Gasteiger partial charge in [-0.05, 0) is 18.2 Å². The SMILES string of the molecule is O=C1C[C@@H](Sc2nc(-c3ccco3)cc(C(F)(F)F)n2)[C@H]2CO[C@@H]1O2. The second-order valence-corrected chi connectivity index (χ2v) is 6.77. The largest absolute Gasteiger partial charge is 0.463 e. The fourth-order valence-electron chi connectivity index (χ4n) is 2.64. The summed E-state index contributed by atoms with van der Waals surface area (Å²) in [6.45, 7) is 0.220. The second-order valence-electron chi connectivity index (χ2n) is 5.56. The number of hydrogen-bond donors (Lipinski definition) is 0. The third kappa shape index (κ3) is 3.29. The smallest absolute Gasteiger partial charge is 0.433 e. The van der Waals surface area contributed by atoms with E-state index in [4.69, 9.17) is 13.9 Å². The van der Waals surface area contributed by atoms with Crippen LogP contribution in [0, 0.1) is 0 Å². The molecule has 0 radical (unpaired) electrons. The van der Waals surface area contributed by atoms with Crippen molar-refractivity contribution in [2.75, 3.05) is 6.61 Å². The van der Waals surface area contributed by atoms with Crippen molar-refractivity contribution in [1.82, 2.24) is 9.97 Å². The molecule has 0 aromatic carbocycles. The van der Waals surface area contributed by atoms with Gasteiger partial charge in [-0.25, -0.2) is 9.97 Å². The predicted octanol–water partition coefficient (Wildman–Crippen LogP) is 2.93. The third-order valence-electron chi connectivity index (χ3n) is 3.82. The van der Waals surface area contributed by atoms with E-state index in [1.807, 2.05) is 0 Å². The van der Waals surface area contributed by atoms with E-state index in [0.717, 1.165) is 17.8 Å². The minimum atomic E-state index is -4.62. The number of fused-ring (bicyclic) bond motifs is 2. The summed E-state index contributed by atoms with van der Waals surface area (Å²) in [7, 11) is 0. The summed E-state index contributed by atoms with van der Waals surface area (Å²) >= 11 is 0.980. The van der Waals surface area contributed by atoms with Gasteiger partial charge < -0.3 is 13.9 Å². The number of carbonyl (C=O) groups is 1. The van der Waals surface area contributed by atoms with Gasteiger partial charge >= 0.3 is 6.18 Å². The van der Waals surface area contributed by atoms with Crippen molar-refractivity contribution < 1.29 is 31.9 Å². The molecule has 0 saturated carbocycles. The van der Waals surface area contributed by atoms with Crippen LogP contribution < -0.4 is 0 Å². The van der Waals surface area contributed by atoms with Gasteiger partial charge in [-0.2, -0.15) is 13.2 Å². The first kappa shape index (κ1) is 16.6. The van der Waals surface area contributed by atoms with E-state index in [9.17, 15) is 18.0 Å². The highest BCUT2D eigenvalue weighted by atomic mass is 32.2. The zero-order valence-corrected chi connectivity index (χ0v) is 13.3. The van der Waals surface area contributed by atoms with Crippen molar-refractivity contribution >= 4 is 17.5 Å². The van der Waals surface area contributed by atoms with Crippen LogP contribution >= 0.6 is 11.8 Å². The van der Waals surface area contributed by atoms with Gasteiger partial charge in [-0.3, -0.25) is 4.79 Å². The van der Waals surface area contributed by atoms with Gasteiger partial charge in [0, 0.05) is 11.7 Å². The van der Waals surface area contributed by atoms with Gasteiger partial charge in [0.05, 0.1) is 19.0 Å². The molecule has 2 saturated heterocycles. The van der Waals surface area contributed by atoms with Crippen molar-refractivity contribution in [3.8, 4) is 11.5 Å². The topological polar surface area (TPSA) is 74.5 Å². The maximum atomic E-state index is 13.2. The van der Waals surface area contributed by atoms with Crippen molar-refractivity contribution in [2.45, 2.75) is 35.4 Å². The molecule has 0 unspecified atom stereocenters. The Bertz CT molecular complexity index is 797. The first-order chi connectivity index (χ1) is 11.9. The summed E-state index contributed by atoms with van der Waals surface area (Å²) < 4.78 is 55.2. The molecule has 6 nitrogen and oxygen atoms in total. The van der Waals surface area contributed by atoms with Gasteiger partial charge in [0.15, 0.2) is 16.7 Å². The van der Waals surface area contributed by atoms with Gasteiger partial charge in [0.1, 0.15) is 11.4 Å². The highest BCUT2D eigenvalue weighted by Gasteiger charge is 2.44. The third-order valence-corrected chi connectivity index (χ3v) is 4.98. The summed E-state index contributed by atoms with van der Waals surface area (Å²) in [5, 5.41) is -0.493. The number of furan rings is 1. The maximum absolute atomic E-state index is 13.2. The lowest BCUT2D eigenvalue weighted by Crippen LogP contribution is -2.37. The molecule has 0 amide bonds. The molecule has 2 aliphatic heterocycles. The molecular formula is C15H11F3N2O4S. The number of ether oxygens (including phenoxy) is 2. The Hall–Kier alpha value is -1.91. The molecule has 25 heavy (non-hydrogen) atoms. The lowest BCUT2D eigenvalue weighted by atomic mass is 10.1. The lowest BCUT2D eigenvalue weighted by Gasteiger charge is -2.25. The minimum Gasteiger partial charge on any atom is -0.463 e. The van der Waals surface area contributed by atoms with E-state index in [-0.39, 0.29) is 41.5 Å². The van der Waals surface area contributed by atoms with Gasteiger partial charge in [-0.1, -0.05) is 11.8 Å². The summed E-state index contributed by atoms with van der Waals surface area (Å²) in [4.78, 5) is 19.6. The molecular weight excluding hydrogens is 361 g/mol. The molecule has 4 rings (SSSR count). The number of rotatable bonds is 3. The Morgan fingerprint density at radius 3 is 2.84 bits per heavy atom. The molecule has 4 heterocycles. The molecule has 2 bridgehead atoms. The van der Waals surface area contributed by atoms with Crippen LogP contribution in [0.1, 0.15) is 12.1 Å². The molecule has 10 heteroatoms. The second kappa shape index (κ2) is 6.11. The quantitative estimate of drug-likeness (QED) is 0.767. The molecule has 2 aromatic heterocycles. The Morgan fingerprint density at radius 1 is 1.28 bits per heavy atom. The number of thioether (sulfide) groups is 1. The van der Waals surface area contributed by atoms with E-state index >= 15 is 0 Å². The van der Waals surface area contributed by atoms with E-state index in [1.165, 1.54) is 12.3 Å². The van der Waals surface area contributed by atoms with E-state index < -0.39 is 23.4 Å². The van der Waals surface area contributed by atoms with Crippen molar-refractivity contribution in [3.63, 3.8) is 0 Å². The summed E-state index contributed by atoms with van der Waals surface area (Å²) in [5.41, 5.74) is -1.04. The van der Waals surface area contributed by atoms with Crippen LogP contribution in [0.2, 0.25) is 0 Å². The number of carbonyl (C=O) groups excluding carboxylic acids is 1. The Balaban J connectivity index is 1.66. The maximum Gasteiger partial charge on any atom is 0.433 e. The first-order valence-electron chi connectivity index (χ1n) is 7.37. The first-order valence-corrected chi connectivity index (χ1v) is 8.25. The molecule has 0 N–H and O–H groups in total. The monoisotopic (exact) mass is 372 g/mol. The minimum absolute atomic E-state index is 0.0263. The Morgan fingerprint density at radius 2 is 2.12 bits per heavy atom. The molecule has 132 valence electrons. The van der Waals surface area contributed by atoms with E-state index in [2.05, 4.69) is 9.97 Å². The van der Waals surface area contributed by atoms with Crippen LogP contribution in [-0.4, -0.2) is 40.0 Å². The van der Waals surface area contributed by atoms with Crippen LogP contribution in [0.15, 0.2) is 34.0 Å². The van der Waals surface area contributed by atoms with Crippen molar-refractivity contribution in [1.29, 1.82) is 0 Å². The highest BCUT2D eigenvalue weighted by Crippen LogP contribution is 2.37. The molecule has 2 aromatic rings. The van der Waals surface area contributed by atoms with Gasteiger partial charge in [0.25, 0.3) is 0 Å². The fraction of sp³-hybridized carbons (Fsp3) is 0.400. The number of nitrogens with zero attached hydrogens (tertiary/aromatic N) is 2. The molecule has 0 spiro atoms. The zero-order valence-electron chi connectivity index (χ0n) is 12.5. The summed E-state index contributed by atoms with van der Waals surface area (Å²) in [6.07, 6.45) is -4.38. The van der Waals surface area contributed by atoms with Gasteiger partial charge in [0.2, 0.25) is 6.29 Å². The van der Waals surface area contributed by atoms with Crippen LogP contribution in [0.25, 0.3) is 11.5 Å². The van der Waals surface area contributed by atoms with Crippen LogP contribution in [-0.2, 0) is 20.4 Å². The average molecular weight is 372 g/mol. The van der Waals surface area contributed by atoms with Crippen LogP contribution in [0.4, 0.5) is 13.2 Å². The summed E-state index contributed by atoms with van der Waals surface area (Å²) in [5.74, 6) is -0.0283. The average Bonchev–Trinajstić information content (AvgIpc) is 3.23. The van der Waals surface area contributed by atoms with Crippen molar-refractivity contribution in [2.24, 2.45) is 0 Å². The molecule has 0 aliphatic carbocycles. The summed E-state index contributed by atoms with van der Waals surface area (Å²) in [6, 6.07) is 3.90. The Labute approximate surface area is 143 Å². The number of hydrogen-bond acceptors (Lipinski definition) is 7. The van der Waals surface area contributed by atoms with Crippen molar-refractivity contribution in [3.05, 3.63) is 30.2 Å². The molecule has 3 atom stereocenters. The molecule has 2 aliphatic rings. The standard InChI is InChI=1S/C15H11F3N2O4S/c16-15(17,18)12-4-7(9-2-1-3-22-9)19-14(20-12)25-11-5-8(21)13-23-6-10(11)24-13/h1-4,10-11,13H,5-6H2/t10-,11-,13-/m1/s1. The predicted molar refractivity (Wildman–Crippen MR) is 78.6 cm³/mol. The molecule has 2 fully saturated rings.